The Morgan fingerprint density at radius 3 is 2.14 bits per heavy atom. The standard InChI is InChI=1S/C23H22N2O2S/c26-22(18-10-3-1-4-11-18)25-21-15-8-7-14-20(21)23(27)24-16-9-17-28-19-12-5-2-6-13-19/h1-8,10-15H,9,16-17H2,(H,24,27)(H,25,26). The van der Waals surface area contributed by atoms with Crippen LogP contribution in [0.4, 0.5) is 5.69 Å². The largest absolute Gasteiger partial charge is 0.352 e. The highest BCUT2D eigenvalue weighted by atomic mass is 32.2. The van der Waals surface area contributed by atoms with Gasteiger partial charge in [-0.2, -0.15) is 0 Å². The van der Waals surface area contributed by atoms with Crippen molar-refractivity contribution in [2.45, 2.75) is 11.3 Å². The minimum atomic E-state index is -0.236. The first kappa shape index (κ1) is 19.7. The second-order valence-electron chi connectivity index (χ2n) is 6.14. The van der Waals surface area contributed by atoms with Crippen molar-refractivity contribution in [3.63, 3.8) is 0 Å². The predicted octanol–water partition coefficient (Wildman–Crippen LogP) is 4.85. The molecule has 0 saturated carbocycles. The first-order valence-corrected chi connectivity index (χ1v) is 10.1. The molecule has 2 N–H and O–H groups in total. The zero-order valence-corrected chi connectivity index (χ0v) is 16.2. The molecular formula is C23H22N2O2S. The van der Waals surface area contributed by atoms with Gasteiger partial charge >= 0.3 is 0 Å². The smallest absolute Gasteiger partial charge is 0.255 e. The number of hydrogen-bond donors (Lipinski definition) is 2. The second-order valence-corrected chi connectivity index (χ2v) is 7.31. The Kier molecular flexibility index (Phi) is 7.27. The lowest BCUT2D eigenvalue weighted by molar-refractivity contribution is 0.0954. The van der Waals surface area contributed by atoms with Crippen LogP contribution in [0.3, 0.4) is 0 Å². The lowest BCUT2D eigenvalue weighted by atomic mass is 10.1. The Morgan fingerprint density at radius 2 is 1.39 bits per heavy atom. The minimum Gasteiger partial charge on any atom is -0.352 e. The number of anilines is 1. The molecule has 4 nitrogen and oxygen atoms in total. The summed E-state index contributed by atoms with van der Waals surface area (Å²) in [6, 6.07) is 26.2. The topological polar surface area (TPSA) is 58.2 Å². The third-order valence-electron chi connectivity index (χ3n) is 4.07. The average molecular weight is 391 g/mol. The second kappa shape index (κ2) is 10.3. The van der Waals surface area contributed by atoms with Crippen LogP contribution in [-0.2, 0) is 0 Å². The van der Waals surface area contributed by atoms with Crippen LogP contribution in [0, 0.1) is 0 Å². The maximum atomic E-state index is 12.5. The van der Waals surface area contributed by atoms with Crippen molar-refractivity contribution >= 4 is 29.3 Å². The van der Waals surface area contributed by atoms with Crippen molar-refractivity contribution in [2.24, 2.45) is 0 Å². The summed E-state index contributed by atoms with van der Waals surface area (Å²) in [5.41, 5.74) is 1.52. The molecule has 142 valence electrons. The Hall–Kier alpha value is -3.05. The number of hydrogen-bond acceptors (Lipinski definition) is 3. The highest BCUT2D eigenvalue weighted by Crippen LogP contribution is 2.18. The first-order chi connectivity index (χ1) is 13.7. The molecule has 0 saturated heterocycles. The highest BCUT2D eigenvalue weighted by molar-refractivity contribution is 7.99. The summed E-state index contributed by atoms with van der Waals surface area (Å²) in [6.45, 7) is 0.583. The van der Waals surface area contributed by atoms with Gasteiger partial charge < -0.3 is 10.6 Å². The van der Waals surface area contributed by atoms with E-state index in [1.165, 1.54) is 4.90 Å². The van der Waals surface area contributed by atoms with E-state index < -0.39 is 0 Å². The molecule has 0 bridgehead atoms. The maximum absolute atomic E-state index is 12.5. The number of thioether (sulfide) groups is 1. The summed E-state index contributed by atoms with van der Waals surface area (Å²) >= 11 is 1.77. The summed E-state index contributed by atoms with van der Waals surface area (Å²) in [5, 5.41) is 5.76. The van der Waals surface area contributed by atoms with E-state index in [1.807, 2.05) is 24.3 Å². The van der Waals surface area contributed by atoms with Gasteiger partial charge in [0.25, 0.3) is 11.8 Å². The van der Waals surface area contributed by atoms with Crippen LogP contribution in [0.25, 0.3) is 0 Å². The summed E-state index contributed by atoms with van der Waals surface area (Å²) in [7, 11) is 0. The van der Waals surface area contributed by atoms with Gasteiger partial charge in [0.05, 0.1) is 11.3 Å². The van der Waals surface area contributed by atoms with Gasteiger partial charge in [0.15, 0.2) is 0 Å². The van der Waals surface area contributed by atoms with E-state index in [1.54, 1.807) is 60.3 Å². The Morgan fingerprint density at radius 1 is 0.750 bits per heavy atom. The van der Waals surface area contributed by atoms with Crippen molar-refractivity contribution in [3.05, 3.63) is 96.1 Å². The maximum Gasteiger partial charge on any atom is 0.255 e. The number of nitrogens with one attached hydrogen (secondary N) is 2. The Balaban J connectivity index is 1.52. The fraction of sp³-hybridized carbons (Fsp3) is 0.130. The number of carbonyl (C=O) groups is 2. The van der Waals surface area contributed by atoms with Crippen LogP contribution in [0.2, 0.25) is 0 Å². The Bertz CT molecular complexity index is 914. The predicted molar refractivity (Wildman–Crippen MR) is 115 cm³/mol. The van der Waals surface area contributed by atoms with Crippen molar-refractivity contribution in [2.75, 3.05) is 17.6 Å². The van der Waals surface area contributed by atoms with Gasteiger partial charge in [-0.1, -0.05) is 48.5 Å². The fourth-order valence-corrected chi connectivity index (χ4v) is 3.52. The first-order valence-electron chi connectivity index (χ1n) is 9.15. The molecule has 0 aromatic heterocycles. The van der Waals surface area contributed by atoms with Crippen molar-refractivity contribution < 1.29 is 9.59 Å². The van der Waals surface area contributed by atoms with Crippen molar-refractivity contribution in [1.29, 1.82) is 0 Å². The molecule has 0 spiro atoms. The van der Waals surface area contributed by atoms with Crippen LogP contribution in [-0.4, -0.2) is 24.1 Å². The molecule has 3 aromatic rings. The number of amides is 2. The molecule has 0 radical (unpaired) electrons. The summed E-state index contributed by atoms with van der Waals surface area (Å²) in [6.07, 6.45) is 0.865. The molecular weight excluding hydrogens is 368 g/mol. The minimum absolute atomic E-state index is 0.186. The van der Waals surface area contributed by atoms with Gasteiger partial charge in [0.2, 0.25) is 0 Å². The lowest BCUT2D eigenvalue weighted by Crippen LogP contribution is -2.26. The van der Waals surface area contributed by atoms with E-state index in [-0.39, 0.29) is 11.8 Å². The third-order valence-corrected chi connectivity index (χ3v) is 5.17. The van der Waals surface area contributed by atoms with E-state index in [0.29, 0.717) is 23.4 Å². The summed E-state index contributed by atoms with van der Waals surface area (Å²) in [4.78, 5) is 26.1. The molecule has 0 aliphatic heterocycles. The van der Waals surface area contributed by atoms with Gasteiger partial charge in [0, 0.05) is 17.0 Å². The molecule has 2 amide bonds. The molecule has 0 fully saturated rings. The molecule has 5 heteroatoms. The normalized spacial score (nSPS) is 10.3. The average Bonchev–Trinajstić information content (AvgIpc) is 2.75. The quantitative estimate of drug-likeness (QED) is 0.427. The van der Waals surface area contributed by atoms with Crippen LogP contribution >= 0.6 is 11.8 Å². The van der Waals surface area contributed by atoms with E-state index in [0.717, 1.165) is 12.2 Å². The molecule has 0 unspecified atom stereocenters. The van der Waals surface area contributed by atoms with E-state index in [2.05, 4.69) is 22.8 Å². The molecule has 0 aliphatic rings. The highest BCUT2D eigenvalue weighted by Gasteiger charge is 2.13. The van der Waals surface area contributed by atoms with Gasteiger partial charge in [0.1, 0.15) is 0 Å². The van der Waals surface area contributed by atoms with Crippen molar-refractivity contribution in [3.8, 4) is 0 Å². The molecule has 0 aliphatic carbocycles. The lowest BCUT2D eigenvalue weighted by Gasteiger charge is -2.11. The zero-order chi connectivity index (χ0) is 19.6. The van der Waals surface area contributed by atoms with Crippen LogP contribution in [0.1, 0.15) is 27.1 Å². The number of carbonyl (C=O) groups excluding carboxylic acids is 2. The summed E-state index contributed by atoms with van der Waals surface area (Å²) < 4.78 is 0. The molecule has 28 heavy (non-hydrogen) atoms. The van der Waals surface area contributed by atoms with Crippen LogP contribution in [0.5, 0.6) is 0 Å². The van der Waals surface area contributed by atoms with Gasteiger partial charge in [-0.15, -0.1) is 11.8 Å². The number of rotatable bonds is 8. The van der Waals surface area contributed by atoms with E-state index >= 15 is 0 Å². The molecule has 0 atom stereocenters. The number of para-hydroxylation sites is 1. The summed E-state index contributed by atoms with van der Waals surface area (Å²) in [5.74, 6) is 0.505. The Labute approximate surface area is 169 Å². The molecule has 3 rings (SSSR count). The zero-order valence-electron chi connectivity index (χ0n) is 15.4. The van der Waals surface area contributed by atoms with Crippen LogP contribution < -0.4 is 10.6 Å². The van der Waals surface area contributed by atoms with E-state index in [4.69, 9.17) is 0 Å². The third kappa shape index (κ3) is 5.72. The van der Waals surface area contributed by atoms with Crippen molar-refractivity contribution in [1.82, 2.24) is 5.32 Å². The van der Waals surface area contributed by atoms with Crippen LogP contribution in [0.15, 0.2) is 89.8 Å². The fourth-order valence-electron chi connectivity index (χ4n) is 2.65. The molecule has 0 heterocycles. The molecule has 3 aromatic carbocycles. The van der Waals surface area contributed by atoms with Gasteiger partial charge in [-0.25, -0.2) is 0 Å². The van der Waals surface area contributed by atoms with Gasteiger partial charge in [-0.3, -0.25) is 9.59 Å². The monoisotopic (exact) mass is 390 g/mol. The number of benzene rings is 3. The van der Waals surface area contributed by atoms with E-state index in [9.17, 15) is 9.59 Å². The SMILES string of the molecule is O=C(Nc1ccccc1C(=O)NCCCSc1ccccc1)c1ccccc1. The van der Waals surface area contributed by atoms with Gasteiger partial charge in [-0.05, 0) is 48.6 Å².